The molecule has 6 heteroatoms. The zero-order valence-corrected chi connectivity index (χ0v) is 9.81. The van der Waals surface area contributed by atoms with Crippen LogP contribution in [0.4, 0.5) is 0 Å². The summed E-state index contributed by atoms with van der Waals surface area (Å²) in [4.78, 5) is 8.51. The van der Waals surface area contributed by atoms with Gasteiger partial charge in [0.15, 0.2) is 0 Å². The average Bonchev–Trinajstić information content (AvgIpc) is 2.98. The van der Waals surface area contributed by atoms with Crippen LogP contribution in [-0.4, -0.2) is 20.2 Å². The molecule has 17 heavy (non-hydrogen) atoms. The summed E-state index contributed by atoms with van der Waals surface area (Å²) < 4.78 is 5.33. The molecule has 84 valence electrons. The zero-order valence-electron chi connectivity index (χ0n) is 8.99. The van der Waals surface area contributed by atoms with E-state index in [2.05, 4.69) is 20.2 Å². The van der Waals surface area contributed by atoms with Crippen molar-refractivity contribution in [2.45, 2.75) is 6.92 Å². The molecule has 0 aromatic carbocycles. The largest absolute Gasteiger partial charge is 0.420 e. The maximum absolute atomic E-state index is 5.33. The van der Waals surface area contributed by atoms with Gasteiger partial charge in [0, 0.05) is 30.3 Å². The van der Waals surface area contributed by atoms with E-state index in [0.717, 1.165) is 10.6 Å². The third-order valence-electron chi connectivity index (χ3n) is 2.16. The molecule has 0 fully saturated rings. The minimum atomic E-state index is 0.453. The van der Waals surface area contributed by atoms with Gasteiger partial charge in [0.2, 0.25) is 5.89 Å². The molecule has 0 saturated carbocycles. The Balaban J connectivity index is 1.99. The van der Waals surface area contributed by atoms with E-state index < -0.39 is 0 Å². The van der Waals surface area contributed by atoms with Crippen molar-refractivity contribution in [1.82, 2.24) is 20.2 Å². The fraction of sp³-hybridized carbons (Fsp3) is 0.0909. The van der Waals surface area contributed by atoms with Crippen molar-refractivity contribution in [3.63, 3.8) is 0 Å². The number of aromatic nitrogens is 4. The van der Waals surface area contributed by atoms with Gasteiger partial charge in [-0.15, -0.1) is 21.5 Å². The molecule has 0 spiro atoms. The molecule has 3 aromatic heterocycles. The topological polar surface area (TPSA) is 64.7 Å². The minimum absolute atomic E-state index is 0.453. The Morgan fingerprint density at radius 3 is 2.94 bits per heavy atom. The first kappa shape index (κ1) is 10.1. The standard InChI is InChI=1S/C11H8N4OS/c1-7-14-15-10(16-7)9-6-17-11(13-9)8-3-2-4-12-5-8/h2-6H,1H3. The fourth-order valence-electron chi connectivity index (χ4n) is 1.39. The van der Waals surface area contributed by atoms with Gasteiger partial charge in [0.1, 0.15) is 10.7 Å². The lowest BCUT2D eigenvalue weighted by molar-refractivity contribution is 0.531. The van der Waals surface area contributed by atoms with Crippen LogP contribution in [0.2, 0.25) is 0 Å². The van der Waals surface area contributed by atoms with Crippen LogP contribution in [0.1, 0.15) is 5.89 Å². The lowest BCUT2D eigenvalue weighted by atomic mass is 10.3. The highest BCUT2D eigenvalue weighted by atomic mass is 32.1. The van der Waals surface area contributed by atoms with E-state index in [1.807, 2.05) is 17.5 Å². The highest BCUT2D eigenvalue weighted by molar-refractivity contribution is 7.13. The number of thiazole rings is 1. The van der Waals surface area contributed by atoms with E-state index in [9.17, 15) is 0 Å². The van der Waals surface area contributed by atoms with Crippen LogP contribution < -0.4 is 0 Å². The summed E-state index contributed by atoms with van der Waals surface area (Å²) in [6.07, 6.45) is 3.51. The maximum atomic E-state index is 5.33. The van der Waals surface area contributed by atoms with Gasteiger partial charge in [-0.2, -0.15) is 0 Å². The SMILES string of the molecule is Cc1nnc(-c2csc(-c3cccnc3)n2)o1. The molecule has 0 unspecified atom stereocenters. The van der Waals surface area contributed by atoms with Crippen molar-refractivity contribution >= 4 is 11.3 Å². The molecule has 0 N–H and O–H groups in total. The number of rotatable bonds is 2. The van der Waals surface area contributed by atoms with Crippen LogP contribution in [0, 0.1) is 6.92 Å². The molecule has 0 aliphatic heterocycles. The summed E-state index contributed by atoms with van der Waals surface area (Å²) in [5.74, 6) is 0.991. The third kappa shape index (κ3) is 1.94. The van der Waals surface area contributed by atoms with Gasteiger partial charge in [0.05, 0.1) is 0 Å². The predicted molar refractivity (Wildman–Crippen MR) is 63.4 cm³/mol. The summed E-state index contributed by atoms with van der Waals surface area (Å²) in [7, 11) is 0. The van der Waals surface area contributed by atoms with Gasteiger partial charge in [-0.1, -0.05) is 0 Å². The van der Waals surface area contributed by atoms with Crippen LogP contribution in [0.3, 0.4) is 0 Å². The second-order valence-electron chi connectivity index (χ2n) is 3.41. The Bertz CT molecular complexity index is 632. The number of pyridine rings is 1. The van der Waals surface area contributed by atoms with Crippen LogP contribution in [0.25, 0.3) is 22.2 Å². The van der Waals surface area contributed by atoms with E-state index in [1.54, 1.807) is 19.3 Å². The molecule has 0 radical (unpaired) electrons. The number of aryl methyl sites for hydroxylation is 1. The minimum Gasteiger partial charge on any atom is -0.420 e. The van der Waals surface area contributed by atoms with Crippen molar-refractivity contribution in [3.8, 4) is 22.2 Å². The molecule has 0 saturated heterocycles. The highest BCUT2D eigenvalue weighted by Gasteiger charge is 2.11. The predicted octanol–water partition coefficient (Wildman–Crippen LogP) is 2.56. The first-order valence-corrected chi connectivity index (χ1v) is 5.87. The molecule has 0 atom stereocenters. The number of nitrogens with zero attached hydrogens (tertiary/aromatic N) is 4. The van der Waals surface area contributed by atoms with E-state index in [4.69, 9.17) is 4.42 Å². The van der Waals surface area contributed by atoms with Crippen molar-refractivity contribution < 1.29 is 4.42 Å². The van der Waals surface area contributed by atoms with E-state index in [-0.39, 0.29) is 0 Å². The summed E-state index contributed by atoms with van der Waals surface area (Å²) in [5.41, 5.74) is 1.69. The zero-order chi connectivity index (χ0) is 11.7. The Morgan fingerprint density at radius 2 is 2.24 bits per heavy atom. The van der Waals surface area contributed by atoms with Crippen molar-refractivity contribution in [2.24, 2.45) is 0 Å². The lowest BCUT2D eigenvalue weighted by Gasteiger charge is -1.92. The normalized spacial score (nSPS) is 10.6. The summed E-state index contributed by atoms with van der Waals surface area (Å²) >= 11 is 1.53. The van der Waals surface area contributed by atoms with Gasteiger partial charge in [-0.25, -0.2) is 4.98 Å². The Labute approximate surface area is 101 Å². The molecular weight excluding hydrogens is 236 g/mol. The molecule has 0 aliphatic carbocycles. The third-order valence-corrected chi connectivity index (χ3v) is 3.05. The highest BCUT2D eigenvalue weighted by Crippen LogP contribution is 2.27. The summed E-state index contributed by atoms with van der Waals surface area (Å²) in [6.45, 7) is 1.75. The molecule has 3 aromatic rings. The monoisotopic (exact) mass is 244 g/mol. The van der Waals surface area contributed by atoms with Gasteiger partial charge < -0.3 is 4.42 Å². The van der Waals surface area contributed by atoms with Crippen molar-refractivity contribution in [1.29, 1.82) is 0 Å². The lowest BCUT2D eigenvalue weighted by Crippen LogP contribution is -1.80. The fourth-order valence-corrected chi connectivity index (χ4v) is 2.18. The quantitative estimate of drug-likeness (QED) is 0.693. The molecule has 3 rings (SSSR count). The first-order chi connectivity index (χ1) is 8.33. The number of hydrogen-bond acceptors (Lipinski definition) is 6. The molecule has 3 heterocycles. The van der Waals surface area contributed by atoms with Gasteiger partial charge >= 0.3 is 0 Å². The second-order valence-corrected chi connectivity index (χ2v) is 4.26. The van der Waals surface area contributed by atoms with Crippen molar-refractivity contribution in [2.75, 3.05) is 0 Å². The molecule has 5 nitrogen and oxygen atoms in total. The van der Waals surface area contributed by atoms with Gasteiger partial charge in [-0.05, 0) is 12.1 Å². The van der Waals surface area contributed by atoms with Gasteiger partial charge in [-0.3, -0.25) is 4.98 Å². The smallest absolute Gasteiger partial charge is 0.267 e. The van der Waals surface area contributed by atoms with Crippen LogP contribution >= 0.6 is 11.3 Å². The Hall–Kier alpha value is -2.08. The molecule has 0 aliphatic rings. The second kappa shape index (κ2) is 4.06. The van der Waals surface area contributed by atoms with Crippen LogP contribution in [0.15, 0.2) is 34.3 Å². The van der Waals surface area contributed by atoms with Crippen LogP contribution in [-0.2, 0) is 0 Å². The molecular formula is C11H8N4OS. The van der Waals surface area contributed by atoms with Crippen LogP contribution in [0.5, 0.6) is 0 Å². The molecule has 0 amide bonds. The van der Waals surface area contributed by atoms with Crippen molar-refractivity contribution in [3.05, 3.63) is 35.8 Å². The maximum Gasteiger partial charge on any atom is 0.267 e. The van der Waals surface area contributed by atoms with E-state index in [1.165, 1.54) is 11.3 Å². The number of hydrogen-bond donors (Lipinski definition) is 0. The van der Waals surface area contributed by atoms with E-state index >= 15 is 0 Å². The Kier molecular flexibility index (Phi) is 2.41. The summed E-state index contributed by atoms with van der Waals surface area (Å²) in [6, 6.07) is 3.85. The summed E-state index contributed by atoms with van der Waals surface area (Å²) in [5, 5.41) is 10.5. The van der Waals surface area contributed by atoms with E-state index in [0.29, 0.717) is 17.5 Å². The first-order valence-electron chi connectivity index (χ1n) is 4.99. The van der Waals surface area contributed by atoms with Gasteiger partial charge in [0.25, 0.3) is 5.89 Å². The molecule has 0 bridgehead atoms. The Morgan fingerprint density at radius 1 is 1.29 bits per heavy atom. The average molecular weight is 244 g/mol.